The number of methoxy groups -OCH3 is 1. The monoisotopic (exact) mass is 368 g/mol. The molecule has 138 valence electrons. The van der Waals surface area contributed by atoms with Crippen molar-refractivity contribution in [3.8, 4) is 5.75 Å². The van der Waals surface area contributed by atoms with Crippen molar-refractivity contribution in [2.45, 2.75) is 31.8 Å². The lowest BCUT2D eigenvalue weighted by Crippen LogP contribution is -2.38. The van der Waals surface area contributed by atoms with Gasteiger partial charge in [0.25, 0.3) is 0 Å². The van der Waals surface area contributed by atoms with Gasteiger partial charge >= 0.3 is 5.97 Å². The smallest absolute Gasteiger partial charge is 0.342 e. The fourth-order valence-corrected chi connectivity index (χ4v) is 3.64. The zero-order chi connectivity index (χ0) is 17.8. The molecule has 0 radical (unpaired) electrons. The number of nitrogens with zero attached hydrogens (tertiary/aromatic N) is 1. The molecular formula is C18H25ClN2O4. The van der Waals surface area contributed by atoms with Crippen LogP contribution in [-0.2, 0) is 15.9 Å². The summed E-state index contributed by atoms with van der Waals surface area (Å²) < 4.78 is 16.4. The van der Waals surface area contributed by atoms with Gasteiger partial charge in [0.1, 0.15) is 17.4 Å². The Morgan fingerprint density at radius 3 is 2.92 bits per heavy atom. The number of ether oxygens (including phenoxy) is 3. The molecule has 0 saturated carbocycles. The van der Waals surface area contributed by atoms with Crippen LogP contribution in [0.4, 0.5) is 5.69 Å². The summed E-state index contributed by atoms with van der Waals surface area (Å²) in [5.74, 6) is 0.154. The van der Waals surface area contributed by atoms with Crippen LogP contribution in [0.2, 0.25) is 5.02 Å². The predicted molar refractivity (Wildman–Crippen MR) is 96.4 cm³/mol. The Kier molecular flexibility index (Phi) is 6.04. The molecule has 7 heteroatoms. The first-order valence-corrected chi connectivity index (χ1v) is 9.14. The number of piperidine rings is 1. The minimum absolute atomic E-state index is 0.0699. The molecule has 2 N–H and O–H groups in total. The molecule has 2 aliphatic rings. The van der Waals surface area contributed by atoms with E-state index in [4.69, 9.17) is 31.5 Å². The van der Waals surface area contributed by atoms with Gasteiger partial charge < -0.3 is 24.8 Å². The van der Waals surface area contributed by atoms with Crippen LogP contribution in [-0.4, -0.2) is 56.9 Å². The van der Waals surface area contributed by atoms with Crippen molar-refractivity contribution >= 4 is 23.3 Å². The molecule has 1 fully saturated rings. The molecule has 1 saturated heterocycles. The second-order valence-corrected chi connectivity index (χ2v) is 6.93. The molecule has 0 aromatic heterocycles. The average molecular weight is 369 g/mol. The van der Waals surface area contributed by atoms with E-state index in [0.29, 0.717) is 35.1 Å². The molecule has 0 aliphatic carbocycles. The normalized spacial score (nSPS) is 18.0. The second kappa shape index (κ2) is 8.25. The van der Waals surface area contributed by atoms with Crippen LogP contribution >= 0.6 is 11.6 Å². The quantitative estimate of drug-likeness (QED) is 0.472. The van der Waals surface area contributed by atoms with Gasteiger partial charge in [-0.25, -0.2) is 4.79 Å². The van der Waals surface area contributed by atoms with Crippen LogP contribution in [0.5, 0.6) is 5.75 Å². The van der Waals surface area contributed by atoms with Gasteiger partial charge in [-0.2, -0.15) is 0 Å². The number of likely N-dealkylation sites (tertiary alicyclic amines) is 1. The number of esters is 1. The number of fused-ring (bicyclic) bond motifs is 1. The van der Waals surface area contributed by atoms with E-state index in [0.717, 1.165) is 51.1 Å². The van der Waals surface area contributed by atoms with Crippen LogP contribution in [0.15, 0.2) is 6.07 Å². The van der Waals surface area contributed by atoms with Crippen LogP contribution in [0.3, 0.4) is 0 Å². The molecular weight excluding hydrogens is 344 g/mol. The molecule has 2 heterocycles. The number of anilines is 1. The topological polar surface area (TPSA) is 74.0 Å². The maximum atomic E-state index is 12.6. The summed E-state index contributed by atoms with van der Waals surface area (Å²) in [6.07, 6.45) is 3.30. The van der Waals surface area contributed by atoms with Crippen LogP contribution in [0.1, 0.15) is 35.2 Å². The van der Waals surface area contributed by atoms with Crippen LogP contribution in [0, 0.1) is 0 Å². The zero-order valence-electron chi connectivity index (χ0n) is 14.6. The maximum Gasteiger partial charge on any atom is 0.342 e. The molecule has 6 nitrogen and oxygen atoms in total. The summed E-state index contributed by atoms with van der Waals surface area (Å²) in [5, 5.41) is 0.379. The number of carbonyl (C=O) groups excluding carboxylic acids is 1. The lowest BCUT2D eigenvalue weighted by Gasteiger charge is -2.31. The molecule has 0 unspecified atom stereocenters. The number of nitrogens with two attached hydrogens (primary N) is 1. The van der Waals surface area contributed by atoms with Gasteiger partial charge in [-0.05, 0) is 25.3 Å². The molecule has 0 bridgehead atoms. The Labute approximate surface area is 153 Å². The molecule has 2 aliphatic heterocycles. The fourth-order valence-electron chi connectivity index (χ4n) is 3.42. The van der Waals surface area contributed by atoms with Gasteiger partial charge in [0, 0.05) is 45.3 Å². The van der Waals surface area contributed by atoms with E-state index in [1.165, 1.54) is 0 Å². The molecule has 0 atom stereocenters. The van der Waals surface area contributed by atoms with Gasteiger partial charge in [-0.15, -0.1) is 0 Å². The lowest BCUT2D eigenvalue weighted by molar-refractivity contribution is 0.0104. The third kappa shape index (κ3) is 4.19. The van der Waals surface area contributed by atoms with E-state index in [1.807, 2.05) is 0 Å². The van der Waals surface area contributed by atoms with E-state index >= 15 is 0 Å². The van der Waals surface area contributed by atoms with E-state index in [-0.39, 0.29) is 12.1 Å². The van der Waals surface area contributed by atoms with Crippen molar-refractivity contribution in [2.24, 2.45) is 0 Å². The number of carbonyl (C=O) groups is 1. The van der Waals surface area contributed by atoms with Crippen molar-refractivity contribution in [1.82, 2.24) is 4.90 Å². The second-order valence-electron chi connectivity index (χ2n) is 6.52. The number of rotatable bonds is 6. The summed E-state index contributed by atoms with van der Waals surface area (Å²) in [4.78, 5) is 15.0. The number of hydrogen-bond donors (Lipinski definition) is 1. The summed E-state index contributed by atoms with van der Waals surface area (Å²) >= 11 is 6.16. The standard InChI is InChI=1S/C18H25ClN2O4/c1-23-9-2-6-21-7-3-12(4-8-21)25-18(22)14-11-15(19)16(20)13-5-10-24-17(13)14/h11-12H,2-10,20H2,1H3. The van der Waals surface area contributed by atoms with E-state index < -0.39 is 0 Å². The summed E-state index contributed by atoms with van der Waals surface area (Å²) in [6.45, 7) is 4.17. The van der Waals surface area contributed by atoms with Gasteiger partial charge in [-0.3, -0.25) is 0 Å². The average Bonchev–Trinajstić information content (AvgIpc) is 3.10. The molecule has 0 amide bonds. The van der Waals surface area contributed by atoms with Crippen molar-refractivity contribution < 1.29 is 19.0 Å². The first-order chi connectivity index (χ1) is 12.1. The summed E-state index contributed by atoms with van der Waals surface area (Å²) in [7, 11) is 1.72. The van der Waals surface area contributed by atoms with Gasteiger partial charge in [-0.1, -0.05) is 11.6 Å². The van der Waals surface area contributed by atoms with Gasteiger partial charge in [0.15, 0.2) is 0 Å². The lowest BCUT2D eigenvalue weighted by atomic mass is 10.0. The SMILES string of the molecule is COCCCN1CCC(OC(=O)c2cc(Cl)c(N)c3c2OCC3)CC1. The van der Waals surface area contributed by atoms with E-state index in [1.54, 1.807) is 13.2 Å². The van der Waals surface area contributed by atoms with E-state index in [9.17, 15) is 4.79 Å². The first kappa shape index (κ1) is 18.3. The number of halogens is 1. The third-order valence-electron chi connectivity index (χ3n) is 4.82. The Balaban J connectivity index is 1.57. The van der Waals surface area contributed by atoms with Crippen molar-refractivity contribution in [3.05, 3.63) is 22.2 Å². The number of nitrogen functional groups attached to an aromatic ring is 1. The zero-order valence-corrected chi connectivity index (χ0v) is 15.3. The van der Waals surface area contributed by atoms with Crippen molar-refractivity contribution in [3.63, 3.8) is 0 Å². The summed E-state index contributed by atoms with van der Waals surface area (Å²) in [6, 6.07) is 1.56. The molecule has 25 heavy (non-hydrogen) atoms. The van der Waals surface area contributed by atoms with Crippen LogP contribution < -0.4 is 10.5 Å². The largest absolute Gasteiger partial charge is 0.492 e. The predicted octanol–water partition coefficient (Wildman–Crippen LogP) is 2.51. The Morgan fingerprint density at radius 1 is 1.44 bits per heavy atom. The van der Waals surface area contributed by atoms with Crippen molar-refractivity contribution in [2.75, 3.05) is 45.7 Å². The number of hydrogen-bond acceptors (Lipinski definition) is 6. The molecule has 1 aromatic carbocycles. The summed E-state index contributed by atoms with van der Waals surface area (Å²) in [5.41, 5.74) is 7.67. The van der Waals surface area contributed by atoms with Crippen molar-refractivity contribution in [1.29, 1.82) is 0 Å². The molecule has 3 rings (SSSR count). The Hall–Kier alpha value is -1.50. The first-order valence-electron chi connectivity index (χ1n) is 8.76. The highest BCUT2D eigenvalue weighted by Crippen LogP contribution is 2.39. The maximum absolute atomic E-state index is 12.6. The van der Waals surface area contributed by atoms with E-state index in [2.05, 4.69) is 4.90 Å². The highest BCUT2D eigenvalue weighted by Gasteiger charge is 2.28. The van der Waals surface area contributed by atoms with Crippen LogP contribution in [0.25, 0.3) is 0 Å². The van der Waals surface area contributed by atoms with Gasteiger partial charge in [0.2, 0.25) is 0 Å². The number of benzene rings is 1. The van der Waals surface area contributed by atoms with Gasteiger partial charge in [0.05, 0.1) is 17.3 Å². The highest BCUT2D eigenvalue weighted by atomic mass is 35.5. The Morgan fingerprint density at radius 2 is 2.20 bits per heavy atom. The minimum atomic E-state index is -0.377. The minimum Gasteiger partial charge on any atom is -0.492 e. The highest BCUT2D eigenvalue weighted by molar-refractivity contribution is 6.33. The fraction of sp³-hybridized carbons (Fsp3) is 0.611. The molecule has 1 aromatic rings. The third-order valence-corrected chi connectivity index (χ3v) is 5.13. The Bertz CT molecular complexity index is 630. The molecule has 0 spiro atoms.